The lowest BCUT2D eigenvalue weighted by atomic mass is 10.2. The fraction of sp³-hybridized carbons (Fsp3) is 0.625. The van der Waals surface area contributed by atoms with E-state index < -0.39 is 0 Å². The Morgan fingerprint density at radius 3 is 2.44 bits per heavy atom. The minimum absolute atomic E-state index is 1.02. The fourth-order valence-electron chi connectivity index (χ4n) is 2.75. The van der Waals surface area contributed by atoms with Crippen LogP contribution >= 0.6 is 0 Å². The molecule has 1 aromatic carbocycles. The lowest BCUT2D eigenvalue weighted by Gasteiger charge is -2.17. The second-order valence-electron chi connectivity index (χ2n) is 5.77. The van der Waals surface area contributed by atoms with Crippen molar-refractivity contribution in [1.82, 2.24) is 5.32 Å². The summed E-state index contributed by atoms with van der Waals surface area (Å²) in [7, 11) is 0. The van der Waals surface area contributed by atoms with E-state index in [1.54, 1.807) is 0 Å². The molecule has 2 nitrogen and oxygen atoms in total. The lowest BCUT2D eigenvalue weighted by molar-refractivity contribution is 0.613. The second-order valence-corrected chi connectivity index (χ2v) is 5.77. The van der Waals surface area contributed by atoms with Crippen LogP contribution in [-0.4, -0.2) is 19.6 Å². The van der Waals surface area contributed by atoms with Crippen LogP contribution in [0.25, 0.3) is 0 Å². The Labute approximate surface area is 110 Å². The topological polar surface area (TPSA) is 15.3 Å². The van der Waals surface area contributed by atoms with Crippen molar-refractivity contribution in [2.24, 2.45) is 5.92 Å². The van der Waals surface area contributed by atoms with Gasteiger partial charge in [0.1, 0.15) is 0 Å². The zero-order chi connectivity index (χ0) is 12.2. The van der Waals surface area contributed by atoms with Crippen molar-refractivity contribution in [3.63, 3.8) is 0 Å². The summed E-state index contributed by atoms with van der Waals surface area (Å²) in [5.74, 6) is 1.04. The van der Waals surface area contributed by atoms with Crippen LogP contribution in [0.1, 0.15) is 37.7 Å². The Hall–Kier alpha value is -1.02. The van der Waals surface area contributed by atoms with Crippen molar-refractivity contribution in [1.29, 1.82) is 0 Å². The van der Waals surface area contributed by atoms with Gasteiger partial charge in [0.25, 0.3) is 0 Å². The molecule has 98 valence electrons. The average molecular weight is 244 g/mol. The predicted molar refractivity (Wildman–Crippen MR) is 76.9 cm³/mol. The largest absolute Gasteiger partial charge is 0.372 e. The normalized spacial score (nSPS) is 19.4. The molecule has 2 heteroatoms. The number of nitrogens with one attached hydrogen (secondary N) is 1. The molecule has 0 amide bonds. The third-order valence-corrected chi connectivity index (χ3v) is 4.16. The molecule has 0 aromatic heterocycles. The van der Waals surface area contributed by atoms with Crippen molar-refractivity contribution < 1.29 is 0 Å². The average Bonchev–Trinajstić information content (AvgIpc) is 3.07. The van der Waals surface area contributed by atoms with Gasteiger partial charge in [-0.05, 0) is 49.4 Å². The van der Waals surface area contributed by atoms with Crippen molar-refractivity contribution >= 4 is 5.69 Å². The number of hydrogen-bond acceptors (Lipinski definition) is 2. The summed E-state index contributed by atoms with van der Waals surface area (Å²) in [5, 5.41) is 3.55. The van der Waals surface area contributed by atoms with Crippen molar-refractivity contribution in [2.45, 2.75) is 38.6 Å². The summed E-state index contributed by atoms with van der Waals surface area (Å²) in [6, 6.07) is 9.11. The fourth-order valence-corrected chi connectivity index (χ4v) is 2.75. The van der Waals surface area contributed by atoms with Gasteiger partial charge in [0.2, 0.25) is 0 Å². The maximum Gasteiger partial charge on any atom is 0.0366 e. The van der Waals surface area contributed by atoms with Crippen molar-refractivity contribution in [2.75, 3.05) is 24.5 Å². The number of anilines is 1. The van der Waals surface area contributed by atoms with Gasteiger partial charge < -0.3 is 10.2 Å². The molecule has 1 saturated carbocycles. The van der Waals surface area contributed by atoms with Crippen LogP contribution < -0.4 is 10.2 Å². The van der Waals surface area contributed by atoms with Crippen LogP contribution in [0.4, 0.5) is 5.69 Å². The Kier molecular flexibility index (Phi) is 3.84. The first kappa shape index (κ1) is 12.0. The van der Waals surface area contributed by atoms with Crippen molar-refractivity contribution in [3.05, 3.63) is 29.8 Å². The molecule has 1 N–H and O–H groups in total. The van der Waals surface area contributed by atoms with Gasteiger partial charge in [-0.3, -0.25) is 0 Å². The number of hydrogen-bond donors (Lipinski definition) is 1. The zero-order valence-electron chi connectivity index (χ0n) is 11.2. The first-order valence-electron chi connectivity index (χ1n) is 7.46. The van der Waals surface area contributed by atoms with E-state index in [2.05, 4.69) is 34.5 Å². The van der Waals surface area contributed by atoms with E-state index >= 15 is 0 Å². The molecule has 1 heterocycles. The SMILES string of the molecule is c1cc(N2CCCC2)ccc1CNCCC1CC1. The highest BCUT2D eigenvalue weighted by atomic mass is 15.1. The summed E-state index contributed by atoms with van der Waals surface area (Å²) in [4.78, 5) is 2.49. The Balaban J connectivity index is 1.44. The minimum atomic E-state index is 1.02. The van der Waals surface area contributed by atoms with Crippen LogP contribution in [0, 0.1) is 5.92 Å². The summed E-state index contributed by atoms with van der Waals surface area (Å²) >= 11 is 0. The number of benzene rings is 1. The van der Waals surface area contributed by atoms with E-state index in [9.17, 15) is 0 Å². The highest BCUT2D eigenvalue weighted by molar-refractivity contribution is 5.48. The highest BCUT2D eigenvalue weighted by Crippen LogP contribution is 2.31. The van der Waals surface area contributed by atoms with Gasteiger partial charge >= 0.3 is 0 Å². The van der Waals surface area contributed by atoms with Crippen LogP contribution in [-0.2, 0) is 6.54 Å². The van der Waals surface area contributed by atoms with E-state index in [4.69, 9.17) is 0 Å². The highest BCUT2D eigenvalue weighted by Gasteiger charge is 2.19. The van der Waals surface area contributed by atoms with Gasteiger partial charge in [-0.2, -0.15) is 0 Å². The first-order chi connectivity index (χ1) is 8.92. The van der Waals surface area contributed by atoms with Gasteiger partial charge in [0.15, 0.2) is 0 Å². The standard InChI is InChI=1S/C16H24N2/c1-2-12-18(11-1)16-7-5-15(6-8-16)13-17-10-9-14-3-4-14/h5-8,14,17H,1-4,9-13H2. The molecule has 0 bridgehead atoms. The maximum atomic E-state index is 3.55. The molecule has 1 aromatic rings. The summed E-state index contributed by atoms with van der Waals surface area (Å²) in [6.07, 6.45) is 7.00. The predicted octanol–water partition coefficient (Wildman–Crippen LogP) is 3.18. The second kappa shape index (κ2) is 5.75. The molecule has 1 aliphatic carbocycles. The summed E-state index contributed by atoms with van der Waals surface area (Å²) in [5.41, 5.74) is 2.81. The quantitative estimate of drug-likeness (QED) is 0.773. The van der Waals surface area contributed by atoms with E-state index in [1.807, 2.05) is 0 Å². The van der Waals surface area contributed by atoms with Gasteiger partial charge in [-0.1, -0.05) is 25.0 Å². The lowest BCUT2D eigenvalue weighted by Crippen LogP contribution is -2.18. The third kappa shape index (κ3) is 3.26. The Morgan fingerprint density at radius 1 is 1.06 bits per heavy atom. The van der Waals surface area contributed by atoms with Crippen LogP contribution in [0.5, 0.6) is 0 Å². The number of rotatable bonds is 6. The number of nitrogens with zero attached hydrogens (tertiary/aromatic N) is 1. The van der Waals surface area contributed by atoms with E-state index in [0.29, 0.717) is 0 Å². The molecule has 1 saturated heterocycles. The molecular weight excluding hydrogens is 220 g/mol. The third-order valence-electron chi connectivity index (χ3n) is 4.16. The molecule has 2 fully saturated rings. The Bertz CT molecular complexity index is 361. The molecule has 0 unspecified atom stereocenters. The summed E-state index contributed by atoms with van der Waals surface area (Å²) < 4.78 is 0. The molecule has 3 rings (SSSR count). The Morgan fingerprint density at radius 2 is 1.78 bits per heavy atom. The monoisotopic (exact) mass is 244 g/mol. The van der Waals surface area contributed by atoms with Crippen LogP contribution in [0.3, 0.4) is 0 Å². The van der Waals surface area contributed by atoms with E-state index in [-0.39, 0.29) is 0 Å². The van der Waals surface area contributed by atoms with Gasteiger partial charge in [-0.15, -0.1) is 0 Å². The molecule has 0 spiro atoms. The smallest absolute Gasteiger partial charge is 0.0366 e. The van der Waals surface area contributed by atoms with Crippen LogP contribution in [0.15, 0.2) is 24.3 Å². The minimum Gasteiger partial charge on any atom is -0.372 e. The van der Waals surface area contributed by atoms with Crippen LogP contribution in [0.2, 0.25) is 0 Å². The van der Waals surface area contributed by atoms with Gasteiger partial charge in [0, 0.05) is 25.3 Å². The van der Waals surface area contributed by atoms with E-state index in [1.165, 1.54) is 63.0 Å². The molecule has 1 aliphatic heterocycles. The maximum absolute atomic E-state index is 3.55. The first-order valence-corrected chi connectivity index (χ1v) is 7.46. The van der Waals surface area contributed by atoms with E-state index in [0.717, 1.165) is 12.5 Å². The molecule has 2 aliphatic rings. The molecular formula is C16H24N2. The zero-order valence-corrected chi connectivity index (χ0v) is 11.2. The molecule has 0 radical (unpaired) electrons. The van der Waals surface area contributed by atoms with Gasteiger partial charge in [-0.25, -0.2) is 0 Å². The summed E-state index contributed by atoms with van der Waals surface area (Å²) in [6.45, 7) is 4.67. The molecule has 0 atom stereocenters. The van der Waals surface area contributed by atoms with Crippen molar-refractivity contribution in [3.8, 4) is 0 Å². The molecule has 18 heavy (non-hydrogen) atoms. The van der Waals surface area contributed by atoms with Gasteiger partial charge in [0.05, 0.1) is 0 Å².